The number of hydrogen-bond donors (Lipinski definition) is 2. The van der Waals surface area contributed by atoms with Gasteiger partial charge in [0.2, 0.25) is 5.91 Å². The fourth-order valence-corrected chi connectivity index (χ4v) is 5.82. The zero-order valence-electron chi connectivity index (χ0n) is 24.5. The quantitative estimate of drug-likeness (QED) is 0.254. The molecular weight excluding hydrogens is 552 g/mol. The first-order chi connectivity index (χ1) is 21.5. The lowest BCUT2D eigenvalue weighted by molar-refractivity contribution is -0.136. The van der Waals surface area contributed by atoms with Crippen LogP contribution in [0.15, 0.2) is 127 Å². The Kier molecular flexibility index (Phi) is 8.41. The molecule has 2 N–H and O–H groups in total. The Morgan fingerprint density at radius 2 is 1.50 bits per heavy atom. The minimum absolute atomic E-state index is 0.155. The van der Waals surface area contributed by atoms with Crippen LogP contribution >= 0.6 is 0 Å². The molecule has 4 aromatic rings. The highest BCUT2D eigenvalue weighted by molar-refractivity contribution is 6.03. The monoisotopic (exact) mass is 586 g/mol. The molecule has 44 heavy (non-hydrogen) atoms. The summed E-state index contributed by atoms with van der Waals surface area (Å²) in [6.07, 6.45) is 0.340. The van der Waals surface area contributed by atoms with E-state index in [4.69, 9.17) is 4.74 Å². The number of rotatable bonds is 10. The predicted molar refractivity (Wildman–Crippen MR) is 168 cm³/mol. The Labute approximate surface area is 256 Å². The van der Waals surface area contributed by atoms with Crippen molar-refractivity contribution in [2.45, 2.75) is 32.0 Å². The highest BCUT2D eigenvalue weighted by Gasteiger charge is 2.46. The molecule has 222 valence electrons. The van der Waals surface area contributed by atoms with Crippen LogP contribution in [-0.2, 0) is 22.6 Å². The van der Waals surface area contributed by atoms with Crippen molar-refractivity contribution in [2.75, 3.05) is 13.1 Å². The number of carbonyl (C=O) groups excluding carboxylic acids is 3. The van der Waals surface area contributed by atoms with Crippen LogP contribution in [0.4, 0.5) is 4.79 Å². The molecule has 8 nitrogen and oxygen atoms in total. The molecule has 4 amide bonds. The summed E-state index contributed by atoms with van der Waals surface area (Å²) in [5, 5.41) is 6.08. The average Bonchev–Trinajstić information content (AvgIpc) is 3.40. The maximum Gasteiger partial charge on any atom is 0.322 e. The third-order valence-electron chi connectivity index (χ3n) is 8.00. The molecule has 0 fully saturated rings. The number of benzene rings is 4. The molecule has 6 rings (SSSR count). The highest BCUT2D eigenvalue weighted by atomic mass is 16.5. The van der Waals surface area contributed by atoms with Gasteiger partial charge in [-0.2, -0.15) is 0 Å². The van der Waals surface area contributed by atoms with Gasteiger partial charge in [0.1, 0.15) is 17.5 Å². The summed E-state index contributed by atoms with van der Waals surface area (Å²) in [7, 11) is 0. The average molecular weight is 587 g/mol. The number of hydrogen-bond acceptors (Lipinski definition) is 4. The molecule has 0 radical (unpaired) electrons. The van der Waals surface area contributed by atoms with E-state index in [2.05, 4.69) is 10.6 Å². The second kappa shape index (κ2) is 12.9. The van der Waals surface area contributed by atoms with Crippen LogP contribution in [0, 0.1) is 0 Å². The number of likely N-dealkylation sites (N-methyl/N-ethyl adjacent to an activating group) is 1. The van der Waals surface area contributed by atoms with E-state index in [9.17, 15) is 14.4 Å². The van der Waals surface area contributed by atoms with E-state index in [1.165, 1.54) is 0 Å². The van der Waals surface area contributed by atoms with Gasteiger partial charge in [-0.25, -0.2) is 4.79 Å². The van der Waals surface area contributed by atoms with Gasteiger partial charge in [0.05, 0.1) is 23.9 Å². The Hall–Kier alpha value is -5.37. The van der Waals surface area contributed by atoms with E-state index in [0.29, 0.717) is 42.3 Å². The first kappa shape index (κ1) is 28.7. The zero-order valence-corrected chi connectivity index (χ0v) is 24.5. The minimum Gasteiger partial charge on any atom is -0.457 e. The van der Waals surface area contributed by atoms with Crippen molar-refractivity contribution in [1.29, 1.82) is 0 Å². The third-order valence-corrected chi connectivity index (χ3v) is 8.00. The molecule has 0 unspecified atom stereocenters. The maximum absolute atomic E-state index is 14.4. The lowest BCUT2D eigenvalue weighted by atomic mass is 9.95. The SMILES string of the molecule is CCN1C(=O)N[C@@H](c2cccc(Oc3ccccc3)c2)C2=C1CN([C@@H](Cc1ccccc1)C(=O)NCc1ccccc1)C2=O. The molecule has 4 aromatic carbocycles. The summed E-state index contributed by atoms with van der Waals surface area (Å²) < 4.78 is 6.05. The fourth-order valence-electron chi connectivity index (χ4n) is 5.82. The molecule has 0 spiro atoms. The van der Waals surface area contributed by atoms with Crippen LogP contribution in [-0.4, -0.2) is 46.8 Å². The largest absolute Gasteiger partial charge is 0.457 e. The summed E-state index contributed by atoms with van der Waals surface area (Å²) in [6, 6.07) is 34.4. The van der Waals surface area contributed by atoms with Crippen molar-refractivity contribution in [3.8, 4) is 11.5 Å². The van der Waals surface area contributed by atoms with Crippen molar-refractivity contribution in [2.24, 2.45) is 0 Å². The van der Waals surface area contributed by atoms with Crippen LogP contribution in [0.1, 0.15) is 29.7 Å². The van der Waals surface area contributed by atoms with Crippen LogP contribution < -0.4 is 15.4 Å². The van der Waals surface area contributed by atoms with Gasteiger partial charge in [0.15, 0.2) is 0 Å². The molecular formula is C36H34N4O4. The topological polar surface area (TPSA) is 91.0 Å². The van der Waals surface area contributed by atoms with Crippen molar-refractivity contribution in [1.82, 2.24) is 20.4 Å². The Morgan fingerprint density at radius 1 is 0.864 bits per heavy atom. The van der Waals surface area contributed by atoms with Crippen LogP contribution in [0.25, 0.3) is 0 Å². The van der Waals surface area contributed by atoms with Gasteiger partial charge in [0, 0.05) is 19.5 Å². The first-order valence-electron chi connectivity index (χ1n) is 14.8. The second-order valence-electron chi connectivity index (χ2n) is 10.8. The number of ether oxygens (including phenoxy) is 1. The maximum atomic E-state index is 14.4. The van der Waals surface area contributed by atoms with Gasteiger partial charge in [-0.3, -0.25) is 14.5 Å². The molecule has 2 aliphatic heterocycles. The minimum atomic E-state index is -0.776. The predicted octanol–water partition coefficient (Wildman–Crippen LogP) is 5.59. The molecule has 0 aromatic heterocycles. The van der Waals surface area contributed by atoms with Gasteiger partial charge >= 0.3 is 6.03 Å². The first-order valence-corrected chi connectivity index (χ1v) is 14.8. The van der Waals surface area contributed by atoms with E-state index in [1.54, 1.807) is 9.80 Å². The van der Waals surface area contributed by atoms with Gasteiger partial charge in [-0.1, -0.05) is 91.0 Å². The molecule has 0 saturated heterocycles. The number of nitrogens with one attached hydrogen (secondary N) is 2. The van der Waals surface area contributed by atoms with Gasteiger partial charge in [-0.05, 0) is 47.9 Å². The normalized spacial score (nSPS) is 16.8. The zero-order chi connectivity index (χ0) is 30.5. The lowest BCUT2D eigenvalue weighted by Gasteiger charge is -2.33. The van der Waals surface area contributed by atoms with Crippen LogP contribution in [0.5, 0.6) is 11.5 Å². The van der Waals surface area contributed by atoms with Gasteiger partial charge < -0.3 is 20.3 Å². The Balaban J connectivity index is 1.31. The molecule has 2 heterocycles. The van der Waals surface area contributed by atoms with E-state index < -0.39 is 12.1 Å². The smallest absolute Gasteiger partial charge is 0.322 e. The van der Waals surface area contributed by atoms with E-state index >= 15 is 0 Å². The van der Waals surface area contributed by atoms with E-state index in [-0.39, 0.29) is 24.4 Å². The van der Waals surface area contributed by atoms with Crippen LogP contribution in [0.3, 0.4) is 0 Å². The summed E-state index contributed by atoms with van der Waals surface area (Å²) in [5.41, 5.74) is 3.72. The van der Waals surface area contributed by atoms with Crippen molar-refractivity contribution in [3.05, 3.63) is 143 Å². The Bertz CT molecular complexity index is 1670. The molecule has 0 aliphatic carbocycles. The lowest BCUT2D eigenvalue weighted by Crippen LogP contribution is -2.49. The van der Waals surface area contributed by atoms with Gasteiger partial charge in [-0.15, -0.1) is 0 Å². The molecule has 0 saturated carbocycles. The van der Waals surface area contributed by atoms with Crippen molar-refractivity contribution >= 4 is 17.8 Å². The number of carbonyl (C=O) groups is 3. The van der Waals surface area contributed by atoms with E-state index in [1.807, 2.05) is 122 Å². The molecule has 0 bridgehead atoms. The number of urea groups is 1. The van der Waals surface area contributed by atoms with Crippen molar-refractivity contribution < 1.29 is 19.1 Å². The summed E-state index contributed by atoms with van der Waals surface area (Å²) in [4.78, 5) is 44.7. The second-order valence-corrected chi connectivity index (χ2v) is 10.8. The summed E-state index contributed by atoms with van der Waals surface area (Å²) >= 11 is 0. The number of para-hydroxylation sites is 1. The molecule has 2 atom stereocenters. The number of nitrogens with zero attached hydrogens (tertiary/aromatic N) is 2. The summed E-state index contributed by atoms with van der Waals surface area (Å²) in [6.45, 7) is 2.76. The molecule has 8 heteroatoms. The molecule has 2 aliphatic rings. The Morgan fingerprint density at radius 3 is 2.18 bits per heavy atom. The van der Waals surface area contributed by atoms with Gasteiger partial charge in [0.25, 0.3) is 5.91 Å². The van der Waals surface area contributed by atoms with Crippen LogP contribution in [0.2, 0.25) is 0 Å². The number of amides is 4. The third kappa shape index (κ3) is 6.06. The van der Waals surface area contributed by atoms with Crippen molar-refractivity contribution in [3.63, 3.8) is 0 Å². The fraction of sp³-hybridized carbons (Fsp3) is 0.194. The summed E-state index contributed by atoms with van der Waals surface area (Å²) in [5.74, 6) is 0.756. The highest BCUT2D eigenvalue weighted by Crippen LogP contribution is 2.38. The van der Waals surface area contributed by atoms with E-state index in [0.717, 1.165) is 16.7 Å². The standard InChI is InChI=1S/C36H34N4O4/c1-2-39-31-24-40(30(21-25-13-6-3-7-14-25)34(41)37-23-26-15-8-4-9-16-26)35(42)32(31)33(38-36(39)43)27-17-12-20-29(22-27)44-28-18-10-5-11-19-28/h3-20,22,30,33H,2,21,23-24H2,1H3,(H,37,41)(H,38,43)/t30-,33-/m0/s1.